The largest absolute Gasteiger partial charge is 0.489 e. The third-order valence-corrected chi connectivity index (χ3v) is 7.37. The SMILES string of the molecule is CCCN(CCC)C(=O)c1ccc2c(c1)C1C=CCC1C(c1ccc(OCc3ccccc3)cc1)N2. The van der Waals surface area contributed by atoms with Crippen molar-refractivity contribution < 1.29 is 9.53 Å². The molecule has 3 aromatic carbocycles. The molecule has 0 fully saturated rings. The van der Waals surface area contributed by atoms with Crippen LogP contribution in [-0.4, -0.2) is 23.9 Å². The van der Waals surface area contributed by atoms with Gasteiger partial charge < -0.3 is 15.0 Å². The maximum atomic E-state index is 13.2. The molecule has 0 radical (unpaired) electrons. The smallest absolute Gasteiger partial charge is 0.253 e. The van der Waals surface area contributed by atoms with Crippen molar-refractivity contribution >= 4 is 11.6 Å². The standard InChI is InChI=1S/C32H36N2O2/c1-3-19-34(20-4-2)32(35)25-15-18-30-29(21-25)27-11-8-12-28(27)31(33-30)24-13-16-26(17-14-24)36-22-23-9-6-5-7-10-23/h5-11,13-18,21,27-28,31,33H,3-4,12,19-20,22H2,1-2H3. The van der Waals surface area contributed by atoms with E-state index in [9.17, 15) is 4.79 Å². The lowest BCUT2D eigenvalue weighted by molar-refractivity contribution is 0.0755. The molecule has 4 nitrogen and oxygen atoms in total. The molecule has 0 bridgehead atoms. The van der Waals surface area contributed by atoms with Gasteiger partial charge in [0.2, 0.25) is 0 Å². The predicted molar refractivity (Wildman–Crippen MR) is 146 cm³/mol. The van der Waals surface area contributed by atoms with Crippen LogP contribution in [0.1, 0.15) is 72.1 Å². The predicted octanol–water partition coefficient (Wildman–Crippen LogP) is 7.35. The van der Waals surface area contributed by atoms with E-state index in [0.717, 1.165) is 54.9 Å². The van der Waals surface area contributed by atoms with Crippen LogP contribution in [0.2, 0.25) is 0 Å². The van der Waals surface area contributed by atoms with E-state index in [-0.39, 0.29) is 11.9 Å². The first-order valence-electron chi connectivity index (χ1n) is 13.3. The van der Waals surface area contributed by atoms with Crippen molar-refractivity contribution in [3.8, 4) is 5.75 Å². The lowest BCUT2D eigenvalue weighted by Gasteiger charge is -2.38. The summed E-state index contributed by atoms with van der Waals surface area (Å²) in [5, 5.41) is 3.80. The zero-order chi connectivity index (χ0) is 24.9. The van der Waals surface area contributed by atoms with Crippen molar-refractivity contribution in [1.82, 2.24) is 4.90 Å². The highest BCUT2D eigenvalue weighted by atomic mass is 16.5. The van der Waals surface area contributed by atoms with Crippen molar-refractivity contribution in [2.75, 3.05) is 18.4 Å². The number of allylic oxidation sites excluding steroid dienone is 2. The van der Waals surface area contributed by atoms with Gasteiger partial charge in [0.15, 0.2) is 0 Å². The summed E-state index contributed by atoms with van der Waals surface area (Å²) in [6.07, 6.45) is 7.61. The molecule has 3 aromatic rings. The quantitative estimate of drug-likeness (QED) is 0.325. The van der Waals surface area contributed by atoms with E-state index < -0.39 is 0 Å². The topological polar surface area (TPSA) is 41.6 Å². The lowest BCUT2D eigenvalue weighted by Crippen LogP contribution is -2.33. The number of benzene rings is 3. The molecule has 1 heterocycles. The molecule has 1 aliphatic carbocycles. The molecule has 5 rings (SSSR count). The summed E-state index contributed by atoms with van der Waals surface area (Å²) >= 11 is 0. The molecule has 3 unspecified atom stereocenters. The maximum absolute atomic E-state index is 13.2. The van der Waals surface area contributed by atoms with Crippen LogP contribution in [0, 0.1) is 5.92 Å². The molecule has 186 valence electrons. The van der Waals surface area contributed by atoms with E-state index in [2.05, 4.69) is 79.8 Å². The van der Waals surface area contributed by atoms with E-state index >= 15 is 0 Å². The number of amides is 1. The third-order valence-electron chi connectivity index (χ3n) is 7.37. The molecule has 0 aromatic heterocycles. The monoisotopic (exact) mass is 480 g/mol. The second-order valence-electron chi connectivity index (χ2n) is 9.91. The molecule has 1 amide bonds. The second-order valence-corrected chi connectivity index (χ2v) is 9.91. The minimum Gasteiger partial charge on any atom is -0.489 e. The molecule has 0 spiro atoms. The summed E-state index contributed by atoms with van der Waals surface area (Å²) in [5.41, 5.74) is 5.61. The molecule has 0 saturated heterocycles. The van der Waals surface area contributed by atoms with Crippen molar-refractivity contribution in [3.05, 3.63) is 107 Å². The number of carbonyl (C=O) groups excluding carboxylic acids is 1. The Morgan fingerprint density at radius 3 is 2.44 bits per heavy atom. The van der Waals surface area contributed by atoms with Crippen LogP contribution in [0.15, 0.2) is 84.9 Å². The molecule has 0 saturated carbocycles. The fourth-order valence-corrected chi connectivity index (χ4v) is 5.61. The number of anilines is 1. The Hall–Kier alpha value is -3.53. The number of hydrogen-bond acceptors (Lipinski definition) is 3. The highest BCUT2D eigenvalue weighted by molar-refractivity contribution is 5.95. The number of rotatable bonds is 9. The average Bonchev–Trinajstić information content (AvgIpc) is 3.42. The average molecular weight is 481 g/mol. The first kappa shape index (κ1) is 24.2. The van der Waals surface area contributed by atoms with Crippen LogP contribution in [0.4, 0.5) is 5.69 Å². The second kappa shape index (κ2) is 11.0. The number of nitrogens with zero attached hydrogens (tertiary/aromatic N) is 1. The van der Waals surface area contributed by atoms with Gasteiger partial charge in [0, 0.05) is 30.3 Å². The zero-order valence-electron chi connectivity index (χ0n) is 21.3. The van der Waals surface area contributed by atoms with Gasteiger partial charge in [0.05, 0.1) is 6.04 Å². The van der Waals surface area contributed by atoms with Gasteiger partial charge in [-0.15, -0.1) is 0 Å². The Morgan fingerprint density at radius 2 is 1.72 bits per heavy atom. The Balaban J connectivity index is 1.33. The van der Waals surface area contributed by atoms with E-state index in [0.29, 0.717) is 18.4 Å². The summed E-state index contributed by atoms with van der Waals surface area (Å²) in [7, 11) is 0. The zero-order valence-corrected chi connectivity index (χ0v) is 21.3. The number of hydrogen-bond donors (Lipinski definition) is 1. The molecule has 36 heavy (non-hydrogen) atoms. The minimum absolute atomic E-state index is 0.147. The Labute approximate surface area is 215 Å². The Kier molecular flexibility index (Phi) is 7.41. The van der Waals surface area contributed by atoms with Crippen LogP contribution >= 0.6 is 0 Å². The first-order valence-corrected chi connectivity index (χ1v) is 13.3. The summed E-state index contributed by atoms with van der Waals surface area (Å²) in [4.78, 5) is 15.2. The normalized spacial score (nSPS) is 19.8. The third kappa shape index (κ3) is 5.04. The molecule has 2 aliphatic rings. The number of carbonyl (C=O) groups is 1. The fraction of sp³-hybridized carbons (Fsp3) is 0.344. The van der Waals surface area contributed by atoms with Crippen molar-refractivity contribution in [3.63, 3.8) is 0 Å². The van der Waals surface area contributed by atoms with Gasteiger partial charge in [0.25, 0.3) is 5.91 Å². The van der Waals surface area contributed by atoms with E-state index in [1.165, 1.54) is 11.1 Å². The molecular formula is C32H36N2O2. The van der Waals surface area contributed by atoms with E-state index in [4.69, 9.17) is 4.74 Å². The highest BCUT2D eigenvalue weighted by Gasteiger charge is 2.38. The van der Waals surface area contributed by atoms with Gasteiger partial charge in [-0.05, 0) is 72.2 Å². The van der Waals surface area contributed by atoms with Gasteiger partial charge >= 0.3 is 0 Å². The minimum atomic E-state index is 0.147. The summed E-state index contributed by atoms with van der Waals surface area (Å²) in [5.74, 6) is 1.78. The summed E-state index contributed by atoms with van der Waals surface area (Å²) in [6.45, 7) is 6.44. The van der Waals surface area contributed by atoms with Gasteiger partial charge in [-0.1, -0.05) is 68.5 Å². The molecule has 3 atom stereocenters. The molecule has 4 heteroatoms. The molecular weight excluding hydrogens is 444 g/mol. The first-order chi connectivity index (χ1) is 17.7. The number of fused-ring (bicyclic) bond motifs is 3. The van der Waals surface area contributed by atoms with Crippen LogP contribution in [0.3, 0.4) is 0 Å². The van der Waals surface area contributed by atoms with Crippen LogP contribution in [0.25, 0.3) is 0 Å². The Bertz CT molecular complexity index is 1200. The van der Waals surface area contributed by atoms with Gasteiger partial charge in [-0.2, -0.15) is 0 Å². The summed E-state index contributed by atoms with van der Waals surface area (Å²) < 4.78 is 6.00. The molecule has 1 N–H and O–H groups in total. The lowest BCUT2D eigenvalue weighted by atomic mass is 9.76. The van der Waals surface area contributed by atoms with Gasteiger partial charge in [0.1, 0.15) is 12.4 Å². The maximum Gasteiger partial charge on any atom is 0.253 e. The van der Waals surface area contributed by atoms with Gasteiger partial charge in [-0.3, -0.25) is 4.79 Å². The van der Waals surface area contributed by atoms with Crippen molar-refractivity contribution in [2.45, 2.75) is 51.7 Å². The summed E-state index contributed by atoms with van der Waals surface area (Å²) in [6, 6.07) is 25.2. The van der Waals surface area contributed by atoms with E-state index in [1.54, 1.807) is 0 Å². The van der Waals surface area contributed by atoms with Crippen molar-refractivity contribution in [1.29, 1.82) is 0 Å². The highest BCUT2D eigenvalue weighted by Crippen LogP contribution is 2.50. The van der Waals surface area contributed by atoms with Gasteiger partial charge in [-0.25, -0.2) is 0 Å². The van der Waals surface area contributed by atoms with Crippen LogP contribution in [0.5, 0.6) is 5.75 Å². The molecule has 1 aliphatic heterocycles. The van der Waals surface area contributed by atoms with E-state index in [1.807, 2.05) is 29.2 Å². The fourth-order valence-electron chi connectivity index (χ4n) is 5.61. The Morgan fingerprint density at radius 1 is 0.972 bits per heavy atom. The van der Waals surface area contributed by atoms with Crippen molar-refractivity contribution in [2.24, 2.45) is 5.92 Å². The van der Waals surface area contributed by atoms with Crippen LogP contribution < -0.4 is 10.1 Å². The number of ether oxygens (including phenoxy) is 1. The number of nitrogens with one attached hydrogen (secondary N) is 1. The van der Waals surface area contributed by atoms with Crippen LogP contribution in [-0.2, 0) is 6.61 Å².